The second-order valence-electron chi connectivity index (χ2n) is 4.14. The molecular formula is C15H22N2O3. The average Bonchev–Trinajstić information content (AvgIpc) is 2.49. The van der Waals surface area contributed by atoms with E-state index in [-0.39, 0.29) is 5.91 Å². The summed E-state index contributed by atoms with van der Waals surface area (Å²) in [6.45, 7) is 2.78. The van der Waals surface area contributed by atoms with Crippen LogP contribution in [0.4, 0.5) is 0 Å². The number of nitrogens with one attached hydrogen (secondary N) is 2. The molecule has 0 aliphatic carbocycles. The Bertz CT molecular complexity index is 416. The Kier molecular flexibility index (Phi) is 8.10. The molecule has 20 heavy (non-hydrogen) atoms. The van der Waals surface area contributed by atoms with E-state index in [1.807, 2.05) is 24.3 Å². The van der Waals surface area contributed by atoms with Crippen molar-refractivity contribution >= 4 is 12.0 Å². The lowest BCUT2D eigenvalue weighted by atomic mass is 10.2. The van der Waals surface area contributed by atoms with Crippen LogP contribution in [0.25, 0.3) is 6.08 Å². The molecule has 1 aromatic carbocycles. The summed E-state index contributed by atoms with van der Waals surface area (Å²) in [6.07, 6.45) is 3.30. The van der Waals surface area contributed by atoms with Crippen molar-refractivity contribution in [3.63, 3.8) is 0 Å². The number of amides is 1. The maximum absolute atomic E-state index is 11.6. The molecule has 110 valence electrons. The fraction of sp³-hybridized carbons (Fsp3) is 0.400. The second kappa shape index (κ2) is 10.00. The number of hydrogen-bond donors (Lipinski definition) is 2. The average molecular weight is 278 g/mol. The van der Waals surface area contributed by atoms with Crippen LogP contribution in [0.3, 0.4) is 0 Å². The number of methoxy groups -OCH3 is 2. The van der Waals surface area contributed by atoms with Gasteiger partial charge in [-0.2, -0.15) is 0 Å². The van der Waals surface area contributed by atoms with E-state index >= 15 is 0 Å². The van der Waals surface area contributed by atoms with Crippen molar-refractivity contribution in [1.29, 1.82) is 0 Å². The van der Waals surface area contributed by atoms with Gasteiger partial charge in [0.25, 0.3) is 0 Å². The van der Waals surface area contributed by atoms with Gasteiger partial charge in [0.15, 0.2) is 0 Å². The molecule has 0 atom stereocenters. The van der Waals surface area contributed by atoms with Gasteiger partial charge in [-0.25, -0.2) is 0 Å². The van der Waals surface area contributed by atoms with Crippen molar-refractivity contribution in [2.24, 2.45) is 0 Å². The van der Waals surface area contributed by atoms with Crippen LogP contribution in [-0.2, 0) is 9.53 Å². The maximum Gasteiger partial charge on any atom is 0.244 e. The van der Waals surface area contributed by atoms with E-state index in [0.29, 0.717) is 13.2 Å². The molecule has 0 saturated heterocycles. The molecule has 1 amide bonds. The van der Waals surface area contributed by atoms with Crippen molar-refractivity contribution in [3.05, 3.63) is 35.9 Å². The molecule has 0 aliphatic rings. The van der Waals surface area contributed by atoms with Gasteiger partial charge in [0.05, 0.1) is 13.7 Å². The van der Waals surface area contributed by atoms with Crippen molar-refractivity contribution in [3.8, 4) is 5.75 Å². The number of hydrogen-bond acceptors (Lipinski definition) is 4. The molecular weight excluding hydrogens is 256 g/mol. The molecule has 0 heterocycles. The highest BCUT2D eigenvalue weighted by molar-refractivity contribution is 5.91. The Morgan fingerprint density at radius 2 is 1.90 bits per heavy atom. The van der Waals surface area contributed by atoms with Crippen molar-refractivity contribution in [2.75, 3.05) is 40.5 Å². The molecule has 0 saturated carbocycles. The van der Waals surface area contributed by atoms with E-state index < -0.39 is 0 Å². The summed E-state index contributed by atoms with van der Waals surface area (Å²) in [5, 5.41) is 5.95. The smallest absolute Gasteiger partial charge is 0.244 e. The third kappa shape index (κ3) is 6.92. The molecule has 5 heteroatoms. The third-order valence-corrected chi connectivity index (χ3v) is 2.63. The molecule has 5 nitrogen and oxygen atoms in total. The van der Waals surface area contributed by atoms with Crippen molar-refractivity contribution < 1.29 is 14.3 Å². The van der Waals surface area contributed by atoms with Crippen LogP contribution in [0, 0.1) is 0 Å². The molecule has 0 fully saturated rings. The zero-order valence-electron chi connectivity index (χ0n) is 12.0. The minimum atomic E-state index is -0.102. The van der Waals surface area contributed by atoms with Gasteiger partial charge in [0, 0.05) is 32.8 Å². The van der Waals surface area contributed by atoms with Crippen LogP contribution in [0.1, 0.15) is 5.56 Å². The van der Waals surface area contributed by atoms with Crippen LogP contribution in [0.5, 0.6) is 5.75 Å². The predicted molar refractivity (Wildman–Crippen MR) is 79.8 cm³/mol. The van der Waals surface area contributed by atoms with E-state index in [2.05, 4.69) is 10.6 Å². The monoisotopic (exact) mass is 278 g/mol. The molecule has 0 radical (unpaired) electrons. The fourth-order valence-electron chi connectivity index (χ4n) is 1.52. The lowest BCUT2D eigenvalue weighted by Gasteiger charge is -2.04. The SMILES string of the molecule is COCCNCCNC(=O)/C=C/c1ccc(OC)cc1. The molecule has 1 rings (SSSR count). The van der Waals surface area contributed by atoms with Gasteiger partial charge in [-0.05, 0) is 23.8 Å². The molecule has 0 aliphatic heterocycles. The number of ether oxygens (including phenoxy) is 2. The first-order valence-corrected chi connectivity index (χ1v) is 6.56. The minimum absolute atomic E-state index is 0.102. The lowest BCUT2D eigenvalue weighted by Crippen LogP contribution is -2.32. The first kappa shape index (κ1) is 16.2. The molecule has 0 unspecified atom stereocenters. The van der Waals surface area contributed by atoms with E-state index in [0.717, 1.165) is 24.4 Å². The minimum Gasteiger partial charge on any atom is -0.497 e. The van der Waals surface area contributed by atoms with Crippen molar-refractivity contribution in [1.82, 2.24) is 10.6 Å². The first-order chi connectivity index (χ1) is 9.76. The summed E-state index contributed by atoms with van der Waals surface area (Å²) in [4.78, 5) is 11.6. The van der Waals surface area contributed by atoms with Gasteiger partial charge in [0.2, 0.25) is 5.91 Å². The van der Waals surface area contributed by atoms with Crippen LogP contribution >= 0.6 is 0 Å². The summed E-state index contributed by atoms with van der Waals surface area (Å²) in [7, 11) is 3.28. The van der Waals surface area contributed by atoms with Gasteiger partial charge in [-0.1, -0.05) is 12.1 Å². The number of rotatable bonds is 9. The third-order valence-electron chi connectivity index (χ3n) is 2.63. The van der Waals surface area contributed by atoms with Gasteiger partial charge in [-0.15, -0.1) is 0 Å². The van der Waals surface area contributed by atoms with E-state index in [9.17, 15) is 4.79 Å². The predicted octanol–water partition coefficient (Wildman–Crippen LogP) is 1.06. The summed E-state index contributed by atoms with van der Waals surface area (Å²) < 4.78 is 9.97. The standard InChI is InChI=1S/C15H22N2O3/c1-19-12-11-16-9-10-17-15(18)8-5-13-3-6-14(20-2)7-4-13/h3-8,16H,9-12H2,1-2H3,(H,17,18)/b8-5+. The quantitative estimate of drug-likeness (QED) is 0.524. The Morgan fingerprint density at radius 3 is 2.55 bits per heavy atom. The van der Waals surface area contributed by atoms with Crippen LogP contribution < -0.4 is 15.4 Å². The molecule has 0 bridgehead atoms. The Morgan fingerprint density at radius 1 is 1.15 bits per heavy atom. The van der Waals surface area contributed by atoms with Crippen LogP contribution in [0.15, 0.2) is 30.3 Å². The number of carbonyl (C=O) groups is 1. The number of carbonyl (C=O) groups excluding carboxylic acids is 1. The topological polar surface area (TPSA) is 59.6 Å². The van der Waals surface area contributed by atoms with Crippen molar-refractivity contribution in [2.45, 2.75) is 0 Å². The highest BCUT2D eigenvalue weighted by Crippen LogP contribution is 2.11. The molecule has 1 aromatic rings. The molecule has 2 N–H and O–H groups in total. The Balaban J connectivity index is 2.22. The largest absolute Gasteiger partial charge is 0.497 e. The molecule has 0 spiro atoms. The van der Waals surface area contributed by atoms with Gasteiger partial charge >= 0.3 is 0 Å². The fourth-order valence-corrected chi connectivity index (χ4v) is 1.52. The summed E-state index contributed by atoms with van der Waals surface area (Å²) in [5.74, 6) is 0.697. The summed E-state index contributed by atoms with van der Waals surface area (Å²) in [6, 6.07) is 7.51. The van der Waals surface area contributed by atoms with Crippen LogP contribution in [-0.4, -0.2) is 46.4 Å². The van der Waals surface area contributed by atoms with Gasteiger partial charge in [0.1, 0.15) is 5.75 Å². The van der Waals surface area contributed by atoms with Gasteiger partial charge < -0.3 is 20.1 Å². The highest BCUT2D eigenvalue weighted by Gasteiger charge is 1.95. The summed E-state index contributed by atoms with van der Waals surface area (Å²) >= 11 is 0. The second-order valence-corrected chi connectivity index (χ2v) is 4.14. The van der Waals surface area contributed by atoms with Crippen LogP contribution in [0.2, 0.25) is 0 Å². The zero-order chi connectivity index (χ0) is 14.6. The molecule has 0 aromatic heterocycles. The summed E-state index contributed by atoms with van der Waals surface area (Å²) in [5.41, 5.74) is 0.958. The first-order valence-electron chi connectivity index (χ1n) is 6.56. The normalized spacial score (nSPS) is 10.7. The zero-order valence-corrected chi connectivity index (χ0v) is 12.0. The van der Waals surface area contributed by atoms with Gasteiger partial charge in [-0.3, -0.25) is 4.79 Å². The lowest BCUT2D eigenvalue weighted by molar-refractivity contribution is -0.116. The van der Waals surface area contributed by atoms with E-state index in [1.165, 1.54) is 6.08 Å². The number of benzene rings is 1. The Hall–Kier alpha value is -1.85. The van der Waals surface area contributed by atoms with E-state index in [1.54, 1.807) is 20.3 Å². The Labute approximate surface area is 120 Å². The maximum atomic E-state index is 11.6. The highest BCUT2D eigenvalue weighted by atomic mass is 16.5. The van der Waals surface area contributed by atoms with E-state index in [4.69, 9.17) is 9.47 Å².